The highest BCUT2D eigenvalue weighted by molar-refractivity contribution is 5.91. The largest absolute Gasteiger partial charge is 0.459 e. The molecule has 0 aliphatic heterocycles. The van der Waals surface area contributed by atoms with E-state index in [9.17, 15) is 4.79 Å². The van der Waals surface area contributed by atoms with Crippen molar-refractivity contribution in [3.63, 3.8) is 0 Å². The van der Waals surface area contributed by atoms with Gasteiger partial charge in [0.2, 0.25) is 0 Å². The fraction of sp³-hybridized carbons (Fsp3) is 0.250. The van der Waals surface area contributed by atoms with Gasteiger partial charge in [0.25, 0.3) is 5.91 Å². The molecule has 0 aliphatic carbocycles. The highest BCUT2D eigenvalue weighted by Gasteiger charge is 2.20. The molecule has 1 N–H and O–H groups in total. The number of hydrogen-bond donors (Lipinski definition) is 1. The molecule has 4 rings (SSSR count). The van der Waals surface area contributed by atoms with Crippen LogP contribution in [0, 0.1) is 0 Å². The molecule has 1 amide bonds. The number of amides is 1. The number of furan rings is 1. The Labute approximate surface area is 170 Å². The average molecular weight is 387 g/mol. The van der Waals surface area contributed by atoms with Gasteiger partial charge in [0.15, 0.2) is 5.76 Å². The molecular formula is C24H25N3O2. The van der Waals surface area contributed by atoms with E-state index in [0.29, 0.717) is 18.2 Å². The van der Waals surface area contributed by atoms with Crippen LogP contribution in [0.3, 0.4) is 0 Å². The number of benzene rings is 2. The van der Waals surface area contributed by atoms with Crippen molar-refractivity contribution in [2.24, 2.45) is 0 Å². The minimum Gasteiger partial charge on any atom is -0.459 e. The number of fused-ring (bicyclic) bond motifs is 1. The van der Waals surface area contributed by atoms with Crippen LogP contribution in [0.25, 0.3) is 11.0 Å². The van der Waals surface area contributed by atoms with Crippen molar-refractivity contribution >= 4 is 16.9 Å². The van der Waals surface area contributed by atoms with Crippen molar-refractivity contribution in [2.45, 2.75) is 39.3 Å². The third kappa shape index (κ3) is 3.94. The number of carbonyl (C=O) groups excluding carboxylic acids is 1. The highest BCUT2D eigenvalue weighted by atomic mass is 16.3. The monoisotopic (exact) mass is 387 g/mol. The summed E-state index contributed by atoms with van der Waals surface area (Å²) in [6.45, 7) is 7.02. The van der Waals surface area contributed by atoms with Gasteiger partial charge >= 0.3 is 0 Å². The summed E-state index contributed by atoms with van der Waals surface area (Å²) in [5.41, 5.74) is 4.49. The summed E-state index contributed by atoms with van der Waals surface area (Å²) in [5.74, 6) is 1.37. The maximum absolute atomic E-state index is 12.4. The lowest BCUT2D eigenvalue weighted by molar-refractivity contribution is 0.0909. The summed E-state index contributed by atoms with van der Waals surface area (Å²) in [4.78, 5) is 17.2. The van der Waals surface area contributed by atoms with Gasteiger partial charge in [0, 0.05) is 6.54 Å². The number of imidazole rings is 1. The summed E-state index contributed by atoms with van der Waals surface area (Å²) in [6.07, 6.45) is 1.50. The van der Waals surface area contributed by atoms with Crippen molar-refractivity contribution < 1.29 is 9.21 Å². The van der Waals surface area contributed by atoms with Crippen LogP contribution >= 0.6 is 0 Å². The van der Waals surface area contributed by atoms with Crippen LogP contribution in [0.1, 0.15) is 60.2 Å². The Bertz CT molecular complexity index is 1110. The molecule has 2 aromatic heterocycles. The number of nitrogens with one attached hydrogen (secondary N) is 1. The summed E-state index contributed by atoms with van der Waals surface area (Å²) < 4.78 is 7.38. The predicted molar refractivity (Wildman–Crippen MR) is 114 cm³/mol. The first-order valence-electron chi connectivity index (χ1n) is 9.91. The van der Waals surface area contributed by atoms with Gasteiger partial charge in [0.05, 0.1) is 23.3 Å². The van der Waals surface area contributed by atoms with E-state index in [4.69, 9.17) is 9.40 Å². The molecule has 0 aliphatic rings. The number of rotatable bonds is 6. The first kappa shape index (κ1) is 19.0. The van der Waals surface area contributed by atoms with Crippen LogP contribution in [-0.2, 0) is 6.54 Å². The van der Waals surface area contributed by atoms with Crippen molar-refractivity contribution in [2.75, 3.05) is 0 Å². The number of para-hydroxylation sites is 2. The Hall–Kier alpha value is -3.34. The van der Waals surface area contributed by atoms with Gasteiger partial charge < -0.3 is 14.3 Å². The predicted octanol–water partition coefficient (Wildman–Crippen LogP) is 5.29. The van der Waals surface area contributed by atoms with E-state index >= 15 is 0 Å². The van der Waals surface area contributed by atoms with Crippen LogP contribution in [0.4, 0.5) is 0 Å². The second-order valence-electron chi connectivity index (χ2n) is 7.61. The third-order valence-electron chi connectivity index (χ3n) is 5.15. The molecule has 5 nitrogen and oxygen atoms in total. The van der Waals surface area contributed by atoms with Gasteiger partial charge in [-0.25, -0.2) is 4.98 Å². The molecule has 148 valence electrons. The van der Waals surface area contributed by atoms with Crippen molar-refractivity contribution in [1.29, 1.82) is 0 Å². The first-order valence-corrected chi connectivity index (χ1v) is 9.91. The van der Waals surface area contributed by atoms with Gasteiger partial charge in [-0.3, -0.25) is 4.79 Å². The molecule has 4 aromatic rings. The number of carbonyl (C=O) groups is 1. The Morgan fingerprint density at radius 1 is 1.03 bits per heavy atom. The minimum absolute atomic E-state index is 0.248. The lowest BCUT2D eigenvalue weighted by atomic mass is 10.0. The topological polar surface area (TPSA) is 60.1 Å². The van der Waals surface area contributed by atoms with Gasteiger partial charge in [0.1, 0.15) is 5.82 Å². The smallest absolute Gasteiger partial charge is 0.287 e. The van der Waals surface area contributed by atoms with Crippen LogP contribution < -0.4 is 5.32 Å². The molecule has 5 heteroatoms. The molecule has 0 bridgehead atoms. The molecule has 0 unspecified atom stereocenters. The fourth-order valence-corrected chi connectivity index (χ4v) is 3.52. The Balaban J connectivity index is 1.66. The number of nitrogens with zero attached hydrogens (tertiary/aromatic N) is 2. The van der Waals surface area contributed by atoms with E-state index in [1.54, 1.807) is 12.1 Å². The van der Waals surface area contributed by atoms with E-state index < -0.39 is 0 Å². The third-order valence-corrected chi connectivity index (χ3v) is 5.15. The minimum atomic E-state index is -0.269. The van der Waals surface area contributed by atoms with Crippen molar-refractivity contribution in [1.82, 2.24) is 14.9 Å². The summed E-state index contributed by atoms with van der Waals surface area (Å²) in [6, 6.07) is 19.8. The lowest BCUT2D eigenvalue weighted by Crippen LogP contribution is -2.28. The first-order chi connectivity index (χ1) is 14.0. The SMILES string of the molecule is CC(C)c1ccc(Cn2c([C@@H](C)NC(=O)c3ccco3)nc3ccccc32)cc1. The van der Waals surface area contributed by atoms with E-state index in [1.807, 2.05) is 25.1 Å². The van der Waals surface area contributed by atoms with Gasteiger partial charge in [-0.15, -0.1) is 0 Å². The highest BCUT2D eigenvalue weighted by Crippen LogP contribution is 2.23. The quantitative estimate of drug-likeness (QED) is 0.489. The van der Waals surface area contributed by atoms with Crippen LogP contribution in [0.15, 0.2) is 71.3 Å². The molecule has 0 fully saturated rings. The van der Waals surface area contributed by atoms with Gasteiger partial charge in [-0.2, -0.15) is 0 Å². The summed E-state index contributed by atoms with van der Waals surface area (Å²) >= 11 is 0. The zero-order valence-electron chi connectivity index (χ0n) is 16.9. The molecule has 0 saturated heterocycles. The molecular weight excluding hydrogens is 362 g/mol. The van der Waals surface area contributed by atoms with E-state index in [-0.39, 0.29) is 11.9 Å². The standard InChI is InChI=1S/C24H25N3O2/c1-16(2)19-12-10-18(11-13-19)15-27-21-8-5-4-7-20(21)26-23(27)17(3)25-24(28)22-9-6-14-29-22/h4-14,16-17H,15H2,1-3H3,(H,25,28)/t17-/m1/s1. The number of hydrogen-bond acceptors (Lipinski definition) is 3. The molecule has 0 spiro atoms. The fourth-order valence-electron chi connectivity index (χ4n) is 3.52. The summed E-state index contributed by atoms with van der Waals surface area (Å²) in [5, 5.41) is 2.99. The maximum atomic E-state index is 12.4. The van der Waals surface area contributed by atoms with Gasteiger partial charge in [-0.05, 0) is 48.2 Å². The average Bonchev–Trinajstić information content (AvgIpc) is 3.37. The van der Waals surface area contributed by atoms with Crippen LogP contribution in [0.2, 0.25) is 0 Å². The van der Waals surface area contributed by atoms with Crippen LogP contribution in [-0.4, -0.2) is 15.5 Å². The Kier molecular flexibility index (Phi) is 5.21. The Morgan fingerprint density at radius 2 is 1.79 bits per heavy atom. The zero-order valence-corrected chi connectivity index (χ0v) is 16.9. The second-order valence-corrected chi connectivity index (χ2v) is 7.61. The maximum Gasteiger partial charge on any atom is 0.287 e. The molecule has 0 saturated carbocycles. The zero-order chi connectivity index (χ0) is 20.4. The lowest BCUT2D eigenvalue weighted by Gasteiger charge is -2.16. The molecule has 2 heterocycles. The second kappa shape index (κ2) is 7.95. The molecule has 29 heavy (non-hydrogen) atoms. The van der Waals surface area contributed by atoms with Crippen molar-refractivity contribution in [3.05, 3.63) is 89.6 Å². The van der Waals surface area contributed by atoms with E-state index in [2.05, 4.69) is 54.1 Å². The normalized spacial score (nSPS) is 12.4. The molecule has 2 aromatic carbocycles. The van der Waals surface area contributed by atoms with E-state index in [1.165, 1.54) is 17.4 Å². The van der Waals surface area contributed by atoms with Crippen molar-refractivity contribution in [3.8, 4) is 0 Å². The van der Waals surface area contributed by atoms with Gasteiger partial charge in [-0.1, -0.05) is 50.2 Å². The molecule has 1 atom stereocenters. The van der Waals surface area contributed by atoms with E-state index in [0.717, 1.165) is 16.9 Å². The number of aromatic nitrogens is 2. The van der Waals surface area contributed by atoms with Crippen LogP contribution in [0.5, 0.6) is 0 Å². The Morgan fingerprint density at radius 3 is 2.48 bits per heavy atom. The summed E-state index contributed by atoms with van der Waals surface area (Å²) in [7, 11) is 0. The molecule has 0 radical (unpaired) electrons.